The molecule has 0 atom stereocenters. The lowest BCUT2D eigenvalue weighted by atomic mass is 10.0. The number of nitrogens with two attached hydrogens (primary N) is 1. The summed E-state index contributed by atoms with van der Waals surface area (Å²) in [4.78, 5) is 0. The minimum Gasteiger partial charge on any atom is -0.350 e. The third kappa shape index (κ3) is 1.65. The Morgan fingerprint density at radius 1 is 1.27 bits per heavy atom. The summed E-state index contributed by atoms with van der Waals surface area (Å²) >= 11 is 0. The van der Waals surface area contributed by atoms with E-state index in [2.05, 4.69) is 42.9 Å². The van der Waals surface area contributed by atoms with Crippen LogP contribution < -0.4 is 5.73 Å². The van der Waals surface area contributed by atoms with Crippen molar-refractivity contribution in [1.29, 1.82) is 0 Å². The molecule has 1 aromatic carbocycles. The Hall–Kier alpha value is -1.28. The Morgan fingerprint density at radius 3 is 2.73 bits per heavy atom. The minimum atomic E-state index is 0.719. The number of hydrogen-bond acceptors (Lipinski definition) is 1. The maximum atomic E-state index is 5.64. The molecule has 80 valence electrons. The smallest absolute Gasteiger partial charge is 0.0483 e. The van der Waals surface area contributed by atoms with Crippen molar-refractivity contribution in [2.24, 2.45) is 12.8 Å². The number of nitrogens with zero attached hydrogens (tertiary/aromatic N) is 1. The molecule has 0 unspecified atom stereocenters. The van der Waals surface area contributed by atoms with Crippen LogP contribution in [0.15, 0.2) is 24.4 Å². The molecule has 2 nitrogen and oxygen atoms in total. The molecule has 1 heterocycles. The van der Waals surface area contributed by atoms with Crippen LogP contribution in [0.2, 0.25) is 0 Å². The first kappa shape index (κ1) is 10.2. The van der Waals surface area contributed by atoms with Gasteiger partial charge in [-0.1, -0.05) is 19.1 Å². The second kappa shape index (κ2) is 4.07. The third-order valence-corrected chi connectivity index (χ3v) is 2.97. The Bertz CT molecular complexity index is 469. The van der Waals surface area contributed by atoms with Crippen LogP contribution in [0.3, 0.4) is 0 Å². The summed E-state index contributed by atoms with van der Waals surface area (Å²) in [6.07, 6.45) is 4.25. The van der Waals surface area contributed by atoms with E-state index in [1.165, 1.54) is 22.0 Å². The van der Waals surface area contributed by atoms with Crippen LogP contribution in [0.5, 0.6) is 0 Å². The van der Waals surface area contributed by atoms with Crippen LogP contribution in [0.25, 0.3) is 10.9 Å². The maximum absolute atomic E-state index is 5.64. The van der Waals surface area contributed by atoms with Gasteiger partial charge in [-0.15, -0.1) is 0 Å². The molecule has 2 aromatic rings. The quantitative estimate of drug-likeness (QED) is 0.813. The van der Waals surface area contributed by atoms with E-state index in [-0.39, 0.29) is 0 Å². The highest BCUT2D eigenvalue weighted by Gasteiger charge is 2.08. The molecule has 1 aromatic heterocycles. The third-order valence-electron chi connectivity index (χ3n) is 2.97. The van der Waals surface area contributed by atoms with Gasteiger partial charge in [-0.05, 0) is 36.6 Å². The van der Waals surface area contributed by atoms with Gasteiger partial charge in [0.05, 0.1) is 0 Å². The molecule has 0 fully saturated rings. The molecule has 15 heavy (non-hydrogen) atoms. The Labute approximate surface area is 90.7 Å². The first-order chi connectivity index (χ1) is 7.27. The summed E-state index contributed by atoms with van der Waals surface area (Å²) in [6.45, 7) is 2.92. The van der Waals surface area contributed by atoms with E-state index >= 15 is 0 Å². The molecule has 0 saturated heterocycles. The molecular weight excluding hydrogens is 184 g/mol. The van der Waals surface area contributed by atoms with Gasteiger partial charge in [0.2, 0.25) is 0 Å². The molecule has 0 radical (unpaired) electrons. The molecule has 0 bridgehead atoms. The zero-order valence-corrected chi connectivity index (χ0v) is 9.46. The van der Waals surface area contributed by atoms with Crippen molar-refractivity contribution < 1.29 is 0 Å². The van der Waals surface area contributed by atoms with Crippen LogP contribution in [0, 0.1) is 0 Å². The van der Waals surface area contributed by atoms with Gasteiger partial charge >= 0.3 is 0 Å². The van der Waals surface area contributed by atoms with Gasteiger partial charge in [0.25, 0.3) is 0 Å². The van der Waals surface area contributed by atoms with Crippen LogP contribution in [-0.4, -0.2) is 11.1 Å². The van der Waals surface area contributed by atoms with Crippen LogP contribution in [0.4, 0.5) is 0 Å². The van der Waals surface area contributed by atoms with Crippen molar-refractivity contribution in [2.45, 2.75) is 19.8 Å². The fraction of sp³-hybridized carbons (Fsp3) is 0.385. The van der Waals surface area contributed by atoms with E-state index in [1.807, 2.05) is 0 Å². The van der Waals surface area contributed by atoms with Crippen molar-refractivity contribution in [2.75, 3.05) is 6.54 Å². The van der Waals surface area contributed by atoms with Crippen molar-refractivity contribution in [3.05, 3.63) is 35.5 Å². The van der Waals surface area contributed by atoms with Gasteiger partial charge in [0.15, 0.2) is 0 Å². The number of fused-ring (bicyclic) bond motifs is 1. The monoisotopic (exact) mass is 202 g/mol. The number of aryl methyl sites for hydroxylation is 2. The molecule has 0 saturated carbocycles. The normalized spacial score (nSPS) is 11.1. The second-order valence-electron chi connectivity index (χ2n) is 3.97. The summed E-state index contributed by atoms with van der Waals surface area (Å²) in [7, 11) is 2.10. The lowest BCUT2D eigenvalue weighted by Crippen LogP contribution is -2.02. The van der Waals surface area contributed by atoms with Gasteiger partial charge in [-0.2, -0.15) is 0 Å². The second-order valence-corrected chi connectivity index (χ2v) is 3.97. The molecule has 0 amide bonds. The highest BCUT2D eigenvalue weighted by Crippen LogP contribution is 2.25. The molecule has 0 spiro atoms. The molecular formula is C13H18N2. The maximum Gasteiger partial charge on any atom is 0.0483 e. The van der Waals surface area contributed by atoms with Gasteiger partial charge in [0.1, 0.15) is 0 Å². The molecule has 2 heteroatoms. The number of hydrogen-bond donors (Lipinski definition) is 1. The molecule has 0 aliphatic rings. The van der Waals surface area contributed by atoms with E-state index in [4.69, 9.17) is 5.73 Å². The zero-order valence-electron chi connectivity index (χ0n) is 9.46. The lowest BCUT2D eigenvalue weighted by molar-refractivity contribution is 0.929. The first-order valence-electron chi connectivity index (χ1n) is 5.53. The van der Waals surface area contributed by atoms with Gasteiger partial charge in [-0.3, -0.25) is 0 Å². The average Bonchev–Trinajstić information content (AvgIpc) is 2.57. The van der Waals surface area contributed by atoms with Crippen LogP contribution in [0.1, 0.15) is 18.1 Å². The minimum absolute atomic E-state index is 0.719. The number of benzene rings is 1. The van der Waals surface area contributed by atoms with E-state index in [0.29, 0.717) is 0 Å². The van der Waals surface area contributed by atoms with E-state index in [1.54, 1.807) is 0 Å². The van der Waals surface area contributed by atoms with E-state index in [0.717, 1.165) is 19.4 Å². The number of rotatable bonds is 3. The van der Waals surface area contributed by atoms with Crippen molar-refractivity contribution in [3.63, 3.8) is 0 Å². The average molecular weight is 202 g/mol. The van der Waals surface area contributed by atoms with Gasteiger partial charge < -0.3 is 10.3 Å². The molecule has 2 rings (SSSR count). The highest BCUT2D eigenvalue weighted by atomic mass is 14.9. The van der Waals surface area contributed by atoms with Crippen molar-refractivity contribution in [3.8, 4) is 0 Å². The SMILES string of the molecule is CCc1cccc2c1c(CCN)cn2C. The Morgan fingerprint density at radius 2 is 2.07 bits per heavy atom. The van der Waals surface area contributed by atoms with Gasteiger partial charge in [0, 0.05) is 24.1 Å². The zero-order chi connectivity index (χ0) is 10.8. The largest absolute Gasteiger partial charge is 0.350 e. The Balaban J connectivity index is 2.70. The van der Waals surface area contributed by atoms with Crippen LogP contribution in [-0.2, 0) is 19.9 Å². The van der Waals surface area contributed by atoms with Crippen molar-refractivity contribution >= 4 is 10.9 Å². The van der Waals surface area contributed by atoms with E-state index in [9.17, 15) is 0 Å². The number of aromatic nitrogens is 1. The summed E-state index contributed by atoms with van der Waals surface area (Å²) in [5.74, 6) is 0. The summed E-state index contributed by atoms with van der Waals surface area (Å²) in [5, 5.41) is 1.41. The molecule has 0 aliphatic heterocycles. The summed E-state index contributed by atoms with van der Waals surface area (Å²) in [5.41, 5.74) is 9.77. The van der Waals surface area contributed by atoms with E-state index < -0.39 is 0 Å². The first-order valence-corrected chi connectivity index (χ1v) is 5.53. The summed E-state index contributed by atoms with van der Waals surface area (Å²) in [6, 6.07) is 6.52. The van der Waals surface area contributed by atoms with Gasteiger partial charge in [-0.25, -0.2) is 0 Å². The standard InChI is InChI=1S/C13H18N2/c1-3-10-5-4-6-12-13(10)11(7-8-14)9-15(12)2/h4-6,9H,3,7-8,14H2,1-2H3. The highest BCUT2D eigenvalue weighted by molar-refractivity contribution is 5.87. The van der Waals surface area contributed by atoms with Crippen molar-refractivity contribution in [1.82, 2.24) is 4.57 Å². The predicted octanol–water partition coefficient (Wildman–Crippen LogP) is 2.24. The molecule has 2 N–H and O–H groups in total. The van der Waals surface area contributed by atoms with Crippen LogP contribution >= 0.6 is 0 Å². The lowest BCUT2D eigenvalue weighted by Gasteiger charge is -2.03. The Kier molecular flexibility index (Phi) is 2.78. The summed E-state index contributed by atoms with van der Waals surface area (Å²) < 4.78 is 2.19. The molecule has 0 aliphatic carbocycles. The topological polar surface area (TPSA) is 30.9 Å². The fourth-order valence-electron chi connectivity index (χ4n) is 2.26. The fourth-order valence-corrected chi connectivity index (χ4v) is 2.26. The predicted molar refractivity (Wildman–Crippen MR) is 65.1 cm³/mol.